The molecule has 0 bridgehead atoms. The lowest BCUT2D eigenvalue weighted by Gasteiger charge is -2.45. The number of aliphatic hydroxyl groups is 1. The van der Waals surface area contributed by atoms with Crippen LogP contribution in [0.3, 0.4) is 0 Å². The monoisotopic (exact) mass is 379 g/mol. The van der Waals surface area contributed by atoms with E-state index in [0.29, 0.717) is 22.4 Å². The molecule has 7 heteroatoms. The Kier molecular flexibility index (Phi) is 5.08. The van der Waals surface area contributed by atoms with E-state index in [9.17, 15) is 20.0 Å². The number of carbonyl (C=O) groups excluding carboxylic acids is 2. The molecule has 2 aromatic carbocycles. The molecule has 0 radical (unpaired) electrons. The van der Waals surface area contributed by atoms with Crippen molar-refractivity contribution < 1.29 is 19.4 Å². The van der Waals surface area contributed by atoms with Gasteiger partial charge in [0, 0.05) is 18.1 Å². The van der Waals surface area contributed by atoms with E-state index in [1.165, 1.54) is 6.92 Å². The molecule has 0 saturated heterocycles. The number of nitrogens with zero attached hydrogens (tertiary/aromatic N) is 2. The van der Waals surface area contributed by atoms with Gasteiger partial charge in [-0.25, -0.2) is 5.01 Å². The standard InChI is InChI=1S/C21H21N3O4/c1-13(25)24(23-20(27)15-7-5-4-6-8-15)18-16-11-14(12-22)9-10-17(16)28-21(2,3)19(18)26/h4-11,18-19,26H,1-3H3,(H,23,27). The lowest BCUT2D eigenvalue weighted by Crippen LogP contribution is -2.58. The Labute approximate surface area is 163 Å². The maximum absolute atomic E-state index is 12.6. The van der Waals surface area contributed by atoms with Gasteiger partial charge in [-0.1, -0.05) is 18.2 Å². The second-order valence-electron chi connectivity index (χ2n) is 7.16. The zero-order valence-corrected chi connectivity index (χ0v) is 15.8. The third-order valence-electron chi connectivity index (χ3n) is 4.72. The Morgan fingerprint density at radius 3 is 2.50 bits per heavy atom. The molecular weight excluding hydrogens is 358 g/mol. The van der Waals surface area contributed by atoms with Gasteiger partial charge < -0.3 is 9.84 Å². The van der Waals surface area contributed by atoms with Crippen molar-refractivity contribution in [2.24, 2.45) is 0 Å². The first-order chi connectivity index (χ1) is 13.2. The van der Waals surface area contributed by atoms with E-state index in [2.05, 4.69) is 5.43 Å². The van der Waals surface area contributed by atoms with E-state index in [0.717, 1.165) is 5.01 Å². The maximum atomic E-state index is 12.6. The first-order valence-corrected chi connectivity index (χ1v) is 8.81. The highest BCUT2D eigenvalue weighted by Gasteiger charge is 2.47. The van der Waals surface area contributed by atoms with Crippen LogP contribution in [0.15, 0.2) is 48.5 Å². The lowest BCUT2D eigenvalue weighted by atomic mass is 9.85. The highest BCUT2D eigenvalue weighted by atomic mass is 16.5. The van der Waals surface area contributed by atoms with Crippen LogP contribution in [0, 0.1) is 11.3 Å². The van der Waals surface area contributed by atoms with Crippen LogP contribution < -0.4 is 10.2 Å². The molecular formula is C21H21N3O4. The summed E-state index contributed by atoms with van der Waals surface area (Å²) in [5, 5.41) is 21.3. The van der Waals surface area contributed by atoms with Crippen molar-refractivity contribution in [2.45, 2.75) is 38.5 Å². The zero-order valence-electron chi connectivity index (χ0n) is 15.8. The van der Waals surface area contributed by atoms with Crippen LogP contribution >= 0.6 is 0 Å². The number of hydrogen-bond donors (Lipinski definition) is 2. The van der Waals surface area contributed by atoms with E-state index in [-0.39, 0.29) is 0 Å². The number of nitrogens with one attached hydrogen (secondary N) is 1. The second kappa shape index (κ2) is 7.33. The molecule has 2 amide bonds. The molecule has 0 spiro atoms. The summed E-state index contributed by atoms with van der Waals surface area (Å²) < 4.78 is 5.87. The van der Waals surface area contributed by atoms with Gasteiger partial charge in [-0.05, 0) is 44.2 Å². The van der Waals surface area contributed by atoms with Crippen molar-refractivity contribution >= 4 is 11.8 Å². The van der Waals surface area contributed by atoms with E-state index in [1.807, 2.05) is 6.07 Å². The zero-order chi connectivity index (χ0) is 20.5. The van der Waals surface area contributed by atoms with Crippen molar-refractivity contribution in [1.29, 1.82) is 5.26 Å². The molecule has 0 saturated carbocycles. The second-order valence-corrected chi connectivity index (χ2v) is 7.16. The highest BCUT2D eigenvalue weighted by molar-refractivity contribution is 5.95. The predicted octanol–water partition coefficient (Wildman–Crippen LogP) is 2.32. The van der Waals surface area contributed by atoms with Crippen LogP contribution in [0.2, 0.25) is 0 Å². The summed E-state index contributed by atoms with van der Waals surface area (Å²) in [6.07, 6.45) is -1.14. The van der Waals surface area contributed by atoms with Gasteiger partial charge in [0.1, 0.15) is 23.5 Å². The number of carbonyl (C=O) groups is 2. The molecule has 1 aliphatic rings. The molecule has 2 atom stereocenters. The predicted molar refractivity (Wildman–Crippen MR) is 101 cm³/mol. The third-order valence-corrected chi connectivity index (χ3v) is 4.72. The Bertz CT molecular complexity index is 950. The normalized spacial score (nSPS) is 19.5. The average molecular weight is 379 g/mol. The number of nitriles is 1. The Morgan fingerprint density at radius 1 is 1.21 bits per heavy atom. The van der Waals surface area contributed by atoms with Gasteiger partial charge in [-0.3, -0.25) is 15.0 Å². The number of ether oxygens (including phenoxy) is 1. The molecule has 0 aromatic heterocycles. The first kappa shape index (κ1) is 19.4. The quantitative estimate of drug-likeness (QED) is 0.780. The van der Waals surface area contributed by atoms with Crippen LogP contribution in [-0.2, 0) is 4.79 Å². The van der Waals surface area contributed by atoms with Gasteiger partial charge >= 0.3 is 0 Å². The number of benzene rings is 2. The van der Waals surface area contributed by atoms with Crippen LogP contribution in [0.5, 0.6) is 5.75 Å². The smallest absolute Gasteiger partial charge is 0.269 e. The van der Waals surface area contributed by atoms with E-state index in [4.69, 9.17) is 4.74 Å². The fourth-order valence-corrected chi connectivity index (χ4v) is 3.22. The summed E-state index contributed by atoms with van der Waals surface area (Å²) in [6, 6.07) is 14.4. The number of fused-ring (bicyclic) bond motifs is 1. The molecule has 1 heterocycles. The van der Waals surface area contributed by atoms with Gasteiger partial charge in [0.25, 0.3) is 5.91 Å². The topological polar surface area (TPSA) is 103 Å². The van der Waals surface area contributed by atoms with Crippen molar-refractivity contribution in [3.05, 3.63) is 65.2 Å². The van der Waals surface area contributed by atoms with E-state index in [1.54, 1.807) is 62.4 Å². The Morgan fingerprint density at radius 2 is 1.89 bits per heavy atom. The molecule has 0 fully saturated rings. The van der Waals surface area contributed by atoms with E-state index >= 15 is 0 Å². The minimum absolute atomic E-state index is 0.358. The number of amides is 2. The number of rotatable bonds is 2. The summed E-state index contributed by atoms with van der Waals surface area (Å²) in [4.78, 5) is 25.1. The van der Waals surface area contributed by atoms with E-state index < -0.39 is 29.6 Å². The lowest BCUT2D eigenvalue weighted by molar-refractivity contribution is -0.147. The molecule has 144 valence electrons. The summed E-state index contributed by atoms with van der Waals surface area (Å²) in [5.74, 6) is -0.496. The molecule has 2 aromatic rings. The van der Waals surface area contributed by atoms with Gasteiger partial charge in [-0.15, -0.1) is 0 Å². The number of hydrazine groups is 1. The highest BCUT2D eigenvalue weighted by Crippen LogP contribution is 2.42. The fourth-order valence-electron chi connectivity index (χ4n) is 3.22. The number of hydrogen-bond acceptors (Lipinski definition) is 5. The Balaban J connectivity index is 2.05. The minimum Gasteiger partial charge on any atom is -0.485 e. The third kappa shape index (κ3) is 3.55. The van der Waals surface area contributed by atoms with Crippen LogP contribution in [-0.4, -0.2) is 33.6 Å². The first-order valence-electron chi connectivity index (χ1n) is 8.81. The molecule has 2 N–H and O–H groups in total. The molecule has 2 unspecified atom stereocenters. The minimum atomic E-state index is -1.14. The molecule has 0 aliphatic carbocycles. The maximum Gasteiger partial charge on any atom is 0.269 e. The summed E-state index contributed by atoms with van der Waals surface area (Å²) in [5.41, 5.74) is 2.77. The summed E-state index contributed by atoms with van der Waals surface area (Å²) in [7, 11) is 0. The van der Waals surface area contributed by atoms with Crippen LogP contribution in [0.1, 0.15) is 48.3 Å². The van der Waals surface area contributed by atoms with Crippen LogP contribution in [0.4, 0.5) is 0 Å². The molecule has 1 aliphatic heterocycles. The SMILES string of the molecule is CC(=O)N(NC(=O)c1ccccc1)C1c2cc(C#N)ccc2OC(C)(C)C1O. The summed E-state index contributed by atoms with van der Waals surface area (Å²) >= 11 is 0. The summed E-state index contributed by atoms with van der Waals surface area (Å²) in [6.45, 7) is 4.70. The van der Waals surface area contributed by atoms with Gasteiger partial charge in [0.15, 0.2) is 0 Å². The average Bonchev–Trinajstić information content (AvgIpc) is 2.67. The molecule has 3 rings (SSSR count). The molecule has 7 nitrogen and oxygen atoms in total. The molecule has 28 heavy (non-hydrogen) atoms. The van der Waals surface area contributed by atoms with Gasteiger partial charge in [-0.2, -0.15) is 5.26 Å². The van der Waals surface area contributed by atoms with Crippen molar-refractivity contribution in [1.82, 2.24) is 10.4 Å². The fraction of sp³-hybridized carbons (Fsp3) is 0.286. The Hall–Kier alpha value is -3.37. The van der Waals surface area contributed by atoms with Crippen molar-refractivity contribution in [3.8, 4) is 11.8 Å². The largest absolute Gasteiger partial charge is 0.485 e. The van der Waals surface area contributed by atoms with Crippen LogP contribution in [0.25, 0.3) is 0 Å². The van der Waals surface area contributed by atoms with Gasteiger partial charge in [0.05, 0.1) is 11.6 Å². The van der Waals surface area contributed by atoms with Gasteiger partial charge in [0.2, 0.25) is 5.91 Å². The van der Waals surface area contributed by atoms with Crippen molar-refractivity contribution in [3.63, 3.8) is 0 Å². The number of aliphatic hydroxyl groups excluding tert-OH is 1. The van der Waals surface area contributed by atoms with Crippen molar-refractivity contribution in [2.75, 3.05) is 0 Å².